The first kappa shape index (κ1) is 55.2. The Labute approximate surface area is 357 Å². The highest BCUT2D eigenvalue weighted by Crippen LogP contribution is 2.23. The van der Waals surface area contributed by atoms with Crippen molar-refractivity contribution in [2.24, 2.45) is 0 Å². The quantitative estimate of drug-likeness (QED) is 0.0333. The van der Waals surface area contributed by atoms with Crippen LogP contribution in [0, 0.1) is 0 Å². The van der Waals surface area contributed by atoms with E-state index in [-0.39, 0.29) is 12.5 Å². The van der Waals surface area contributed by atoms with Crippen molar-refractivity contribution in [3.8, 4) is 0 Å². The minimum atomic E-state index is -1.55. The molecule has 1 rings (SSSR count). The highest BCUT2D eigenvalue weighted by Gasteiger charge is 2.44. The summed E-state index contributed by atoms with van der Waals surface area (Å²) in [6, 6.07) is -0.709. The highest BCUT2D eigenvalue weighted by atomic mass is 16.7. The third-order valence-electron chi connectivity index (χ3n) is 12.5. The fourth-order valence-corrected chi connectivity index (χ4v) is 8.40. The van der Waals surface area contributed by atoms with E-state index in [0.717, 1.165) is 51.4 Å². The molecule has 346 valence electrons. The average Bonchev–Trinajstić information content (AvgIpc) is 3.22. The molecular formula is C49H97NO8. The number of amides is 1. The molecule has 58 heavy (non-hydrogen) atoms. The zero-order valence-electron chi connectivity index (χ0n) is 38.1. The number of ether oxygens (including phenoxy) is 2. The van der Waals surface area contributed by atoms with Crippen LogP contribution in [0.25, 0.3) is 0 Å². The monoisotopic (exact) mass is 828 g/mol. The number of carbonyl (C=O) groups excluding carboxylic acids is 1. The summed E-state index contributed by atoms with van der Waals surface area (Å²) in [7, 11) is 0. The van der Waals surface area contributed by atoms with Gasteiger partial charge >= 0.3 is 0 Å². The van der Waals surface area contributed by atoms with Crippen molar-refractivity contribution in [3.63, 3.8) is 0 Å². The van der Waals surface area contributed by atoms with Crippen molar-refractivity contribution in [1.29, 1.82) is 0 Å². The van der Waals surface area contributed by atoms with Gasteiger partial charge in [-0.25, -0.2) is 0 Å². The molecular weight excluding hydrogens is 731 g/mol. The second kappa shape index (κ2) is 40.3. The van der Waals surface area contributed by atoms with Crippen LogP contribution in [0.15, 0.2) is 0 Å². The maximum atomic E-state index is 12.9. The molecule has 1 heterocycles. The number of aliphatic hydroxyl groups is 5. The van der Waals surface area contributed by atoms with E-state index in [2.05, 4.69) is 19.2 Å². The van der Waals surface area contributed by atoms with Gasteiger partial charge in [0.05, 0.1) is 25.4 Å². The first-order chi connectivity index (χ1) is 28.3. The molecule has 7 atom stereocenters. The van der Waals surface area contributed by atoms with E-state index in [1.165, 1.54) is 173 Å². The zero-order valence-corrected chi connectivity index (χ0v) is 38.1. The second-order valence-electron chi connectivity index (χ2n) is 18.0. The van der Waals surface area contributed by atoms with E-state index in [1.54, 1.807) is 0 Å². The maximum absolute atomic E-state index is 12.9. The number of rotatable bonds is 43. The zero-order chi connectivity index (χ0) is 42.3. The van der Waals surface area contributed by atoms with Crippen molar-refractivity contribution in [2.75, 3.05) is 13.2 Å². The molecule has 0 aromatic heterocycles. The molecule has 1 fully saturated rings. The smallest absolute Gasteiger partial charge is 0.220 e. The fraction of sp³-hybridized carbons (Fsp3) is 0.980. The summed E-state index contributed by atoms with van der Waals surface area (Å²) in [5, 5.41) is 53.9. The van der Waals surface area contributed by atoms with Crippen molar-refractivity contribution in [2.45, 2.75) is 294 Å². The van der Waals surface area contributed by atoms with Crippen LogP contribution in [0.1, 0.15) is 251 Å². The first-order valence-corrected chi connectivity index (χ1v) is 25.2. The summed E-state index contributed by atoms with van der Waals surface area (Å²) >= 11 is 0. The van der Waals surface area contributed by atoms with Gasteiger partial charge in [0.15, 0.2) is 6.29 Å². The van der Waals surface area contributed by atoms with Crippen LogP contribution >= 0.6 is 0 Å². The normalized spacial score (nSPS) is 20.7. The van der Waals surface area contributed by atoms with E-state index in [0.29, 0.717) is 12.8 Å². The van der Waals surface area contributed by atoms with Gasteiger partial charge in [0, 0.05) is 6.42 Å². The van der Waals surface area contributed by atoms with Gasteiger partial charge in [-0.2, -0.15) is 0 Å². The molecule has 0 saturated carbocycles. The van der Waals surface area contributed by atoms with E-state index in [1.807, 2.05) is 0 Å². The van der Waals surface area contributed by atoms with E-state index < -0.39 is 49.5 Å². The molecule has 1 aliphatic heterocycles. The summed E-state index contributed by atoms with van der Waals surface area (Å²) in [6.07, 6.45) is 39.1. The lowest BCUT2D eigenvalue weighted by Gasteiger charge is -2.40. The van der Waals surface area contributed by atoms with Crippen LogP contribution in [-0.2, 0) is 14.3 Å². The Balaban J connectivity index is 2.00. The summed E-state index contributed by atoms with van der Waals surface area (Å²) in [6.45, 7) is 3.76. The minimum Gasteiger partial charge on any atom is -0.394 e. The van der Waals surface area contributed by atoms with Crippen LogP contribution in [0.4, 0.5) is 0 Å². The lowest BCUT2D eigenvalue weighted by molar-refractivity contribution is -0.302. The number of hydrogen-bond acceptors (Lipinski definition) is 8. The van der Waals surface area contributed by atoms with E-state index in [9.17, 15) is 30.3 Å². The van der Waals surface area contributed by atoms with Crippen molar-refractivity contribution >= 4 is 5.91 Å². The number of unbranched alkanes of at least 4 members (excludes halogenated alkanes) is 33. The summed E-state index contributed by atoms with van der Waals surface area (Å²) in [5.41, 5.74) is 0. The summed E-state index contributed by atoms with van der Waals surface area (Å²) in [5.74, 6) is -0.146. The van der Waals surface area contributed by atoms with Crippen LogP contribution in [0.3, 0.4) is 0 Å². The van der Waals surface area contributed by atoms with Crippen LogP contribution in [0.5, 0.6) is 0 Å². The second-order valence-corrected chi connectivity index (χ2v) is 18.0. The molecule has 0 aliphatic carbocycles. The minimum absolute atomic E-state index is 0.135. The Morgan fingerprint density at radius 1 is 0.517 bits per heavy atom. The molecule has 0 radical (unpaired) electrons. The van der Waals surface area contributed by atoms with E-state index in [4.69, 9.17) is 9.47 Å². The molecule has 1 aliphatic rings. The topological polar surface area (TPSA) is 149 Å². The van der Waals surface area contributed by atoms with Gasteiger partial charge in [0.1, 0.15) is 24.4 Å². The number of nitrogens with one attached hydrogen (secondary N) is 1. The number of hydrogen-bond donors (Lipinski definition) is 6. The predicted octanol–water partition coefficient (Wildman–Crippen LogP) is 11.1. The summed E-state index contributed by atoms with van der Waals surface area (Å²) in [4.78, 5) is 12.9. The molecule has 9 nitrogen and oxygen atoms in total. The molecule has 1 amide bonds. The van der Waals surface area contributed by atoms with Gasteiger partial charge in [-0.3, -0.25) is 4.79 Å². The molecule has 9 heteroatoms. The summed E-state index contributed by atoms with van der Waals surface area (Å²) < 4.78 is 11.2. The molecule has 7 unspecified atom stereocenters. The Kier molecular flexibility index (Phi) is 38.3. The van der Waals surface area contributed by atoms with Crippen LogP contribution < -0.4 is 5.32 Å². The van der Waals surface area contributed by atoms with E-state index >= 15 is 0 Å². The third kappa shape index (κ3) is 30.3. The number of carbonyl (C=O) groups is 1. The molecule has 1 saturated heterocycles. The molecule has 0 aromatic rings. The van der Waals surface area contributed by atoms with Crippen molar-refractivity contribution in [3.05, 3.63) is 0 Å². The molecule has 0 spiro atoms. The molecule has 6 N–H and O–H groups in total. The Morgan fingerprint density at radius 2 is 0.862 bits per heavy atom. The van der Waals surface area contributed by atoms with Gasteiger partial charge in [0.2, 0.25) is 5.91 Å². The largest absolute Gasteiger partial charge is 0.394 e. The average molecular weight is 828 g/mol. The van der Waals surface area contributed by atoms with Crippen molar-refractivity contribution < 1.29 is 39.8 Å². The third-order valence-corrected chi connectivity index (χ3v) is 12.5. The standard InChI is InChI=1S/C49H97NO8/c1-3-5-7-9-10-11-12-13-14-15-16-17-18-19-20-21-22-23-24-25-26-27-28-29-30-31-32-33-35-37-39-45(53)50-42(43(52)38-36-34-8-6-4-2)41-57-49-48(56)47(55)46(54)44(40-51)58-49/h42-44,46-49,51-52,54-56H,3-41H2,1-2H3,(H,50,53). The predicted molar refractivity (Wildman–Crippen MR) is 240 cm³/mol. The van der Waals surface area contributed by atoms with Gasteiger partial charge in [-0.15, -0.1) is 0 Å². The lowest BCUT2D eigenvalue weighted by atomic mass is 9.99. The van der Waals surface area contributed by atoms with Crippen LogP contribution in [0.2, 0.25) is 0 Å². The highest BCUT2D eigenvalue weighted by molar-refractivity contribution is 5.76. The molecule has 0 aromatic carbocycles. The Hall–Kier alpha value is -0.810. The Morgan fingerprint density at radius 3 is 1.22 bits per heavy atom. The van der Waals surface area contributed by atoms with Gasteiger partial charge < -0.3 is 40.3 Å². The SMILES string of the molecule is CCCCCCCCCCCCCCCCCCCCCCCCCCCCCCCCC(=O)NC(COC1OC(CO)C(O)C(O)C1O)C(O)CCCCCCC. The van der Waals surface area contributed by atoms with Gasteiger partial charge in [0.25, 0.3) is 0 Å². The van der Waals surface area contributed by atoms with Gasteiger partial charge in [-0.05, 0) is 12.8 Å². The number of aliphatic hydroxyl groups excluding tert-OH is 5. The van der Waals surface area contributed by atoms with Gasteiger partial charge in [-0.1, -0.05) is 232 Å². The van der Waals surface area contributed by atoms with Crippen LogP contribution in [-0.4, -0.2) is 87.5 Å². The van der Waals surface area contributed by atoms with Crippen molar-refractivity contribution in [1.82, 2.24) is 5.32 Å². The fourth-order valence-electron chi connectivity index (χ4n) is 8.40. The molecule has 0 bridgehead atoms. The Bertz CT molecular complexity index is 878. The first-order valence-electron chi connectivity index (χ1n) is 25.2. The maximum Gasteiger partial charge on any atom is 0.220 e. The lowest BCUT2D eigenvalue weighted by Crippen LogP contribution is -2.60.